The summed E-state index contributed by atoms with van der Waals surface area (Å²) >= 11 is 2.77. The third-order valence-electron chi connectivity index (χ3n) is 7.35. The molecule has 2 aliphatic heterocycles. The smallest absolute Gasteiger partial charge is 0.326 e. The van der Waals surface area contributed by atoms with Crippen LogP contribution in [-0.4, -0.2) is 44.1 Å². The molecule has 0 unspecified atom stereocenters. The fraction of sp³-hybridized carbons (Fsp3) is 0.500. The number of nitrogens with one attached hydrogen (secondary N) is 1. The Hall–Kier alpha value is -2.33. The number of carbonyl (C=O) groups excluding carboxylic acids is 2. The Morgan fingerprint density at radius 3 is 2.67 bits per heavy atom. The van der Waals surface area contributed by atoms with E-state index in [-0.39, 0.29) is 45.6 Å². The number of imide groups is 1. The van der Waals surface area contributed by atoms with E-state index < -0.39 is 23.8 Å². The SMILES string of the molecule is C[C@H](C(=O)O)N1C(=O)[C@@H]2[C@H]3C[C@@H]([C@@H]2C1=O)[C@H]1[C@@H](c2ccco2)c2sc(=O)[nH]c2S[C@H]31. The number of carbonyl (C=O) groups is 3. The quantitative estimate of drug-likeness (QED) is 0.692. The first-order valence-corrected chi connectivity index (χ1v) is 11.6. The molecule has 2 bridgehead atoms. The number of aliphatic carboxylic acids is 1. The number of hydrogen-bond acceptors (Lipinski definition) is 7. The Morgan fingerprint density at radius 2 is 2.00 bits per heavy atom. The van der Waals surface area contributed by atoms with Crippen LogP contribution in [0, 0.1) is 29.6 Å². The standard InChI is InChI=1S/C20H18N2O6S2/c1-6(19(25)26)22-17(23)11-7-5-8(12(11)18(22)24)14-10(7)13(9-3-2-4-28-9)15-16(29-14)21-20(27)30-15/h2-4,6-8,10-14H,5H2,1H3,(H,21,27)(H,25,26)/t6-,7-,8-,10+,11+,12-,13-,14-/m1/s1. The van der Waals surface area contributed by atoms with Crippen LogP contribution in [-0.2, 0) is 14.4 Å². The van der Waals surface area contributed by atoms with Crippen LogP contribution in [0.4, 0.5) is 0 Å². The number of aromatic nitrogens is 1. The van der Waals surface area contributed by atoms with E-state index in [2.05, 4.69) is 4.98 Å². The first-order valence-electron chi connectivity index (χ1n) is 9.91. The molecule has 4 heterocycles. The molecule has 1 saturated heterocycles. The highest BCUT2D eigenvalue weighted by Gasteiger charge is 2.70. The lowest BCUT2D eigenvalue weighted by molar-refractivity contribution is -0.154. The summed E-state index contributed by atoms with van der Waals surface area (Å²) in [7, 11) is 0. The van der Waals surface area contributed by atoms with Gasteiger partial charge in [0.15, 0.2) is 0 Å². The number of thioether (sulfide) groups is 1. The van der Waals surface area contributed by atoms with Crippen LogP contribution in [0.25, 0.3) is 0 Å². The monoisotopic (exact) mass is 446 g/mol. The van der Waals surface area contributed by atoms with Crippen LogP contribution >= 0.6 is 23.1 Å². The van der Waals surface area contributed by atoms with Crippen molar-refractivity contribution in [1.29, 1.82) is 0 Å². The summed E-state index contributed by atoms with van der Waals surface area (Å²) < 4.78 is 5.75. The summed E-state index contributed by atoms with van der Waals surface area (Å²) in [5.41, 5.74) is 0. The third-order valence-corrected chi connectivity index (χ3v) is 9.94. The molecule has 6 rings (SSSR count). The summed E-state index contributed by atoms with van der Waals surface area (Å²) in [5.74, 6) is -2.23. The number of carboxylic acid groups (broad SMARTS) is 1. The summed E-state index contributed by atoms with van der Waals surface area (Å²) in [6, 6.07) is 2.55. The molecule has 0 radical (unpaired) electrons. The third kappa shape index (κ3) is 2.18. The fourth-order valence-electron chi connectivity index (χ4n) is 6.32. The minimum atomic E-state index is -1.18. The lowest BCUT2D eigenvalue weighted by atomic mass is 9.69. The van der Waals surface area contributed by atoms with Gasteiger partial charge >= 0.3 is 10.8 Å². The largest absolute Gasteiger partial charge is 0.480 e. The van der Waals surface area contributed by atoms with Crippen molar-refractivity contribution in [3.8, 4) is 0 Å². The molecule has 30 heavy (non-hydrogen) atoms. The molecule has 2 aliphatic carbocycles. The van der Waals surface area contributed by atoms with Crippen molar-refractivity contribution in [1.82, 2.24) is 9.88 Å². The van der Waals surface area contributed by atoms with E-state index in [0.717, 1.165) is 27.0 Å². The summed E-state index contributed by atoms with van der Waals surface area (Å²) in [6.07, 6.45) is 2.37. The predicted molar refractivity (Wildman–Crippen MR) is 106 cm³/mol. The molecule has 0 spiro atoms. The maximum absolute atomic E-state index is 13.2. The van der Waals surface area contributed by atoms with Crippen LogP contribution < -0.4 is 4.87 Å². The molecule has 2 amide bonds. The number of likely N-dealkylation sites (tertiary alicyclic amines) is 1. The van der Waals surface area contributed by atoms with Crippen molar-refractivity contribution < 1.29 is 23.9 Å². The lowest BCUT2D eigenvalue weighted by Gasteiger charge is -2.42. The van der Waals surface area contributed by atoms with Crippen LogP contribution in [0.15, 0.2) is 32.6 Å². The van der Waals surface area contributed by atoms with E-state index in [4.69, 9.17) is 4.42 Å². The normalized spacial score (nSPS) is 37.2. The van der Waals surface area contributed by atoms with Gasteiger partial charge in [-0.15, -0.1) is 11.8 Å². The molecule has 2 N–H and O–H groups in total. The summed E-state index contributed by atoms with van der Waals surface area (Å²) in [4.78, 5) is 54.6. The average Bonchev–Trinajstić information content (AvgIpc) is 3.48. The first kappa shape index (κ1) is 18.4. The van der Waals surface area contributed by atoms with Gasteiger partial charge in [0.2, 0.25) is 11.8 Å². The second-order valence-electron chi connectivity index (χ2n) is 8.54. The van der Waals surface area contributed by atoms with Gasteiger partial charge in [-0.3, -0.25) is 19.3 Å². The van der Waals surface area contributed by atoms with Gasteiger partial charge in [0.05, 0.1) is 33.9 Å². The number of rotatable bonds is 3. The van der Waals surface area contributed by atoms with E-state index in [9.17, 15) is 24.3 Å². The van der Waals surface area contributed by atoms with Gasteiger partial charge in [0, 0.05) is 5.25 Å². The van der Waals surface area contributed by atoms with Crippen molar-refractivity contribution in [2.75, 3.05) is 0 Å². The highest BCUT2D eigenvalue weighted by molar-refractivity contribution is 8.00. The van der Waals surface area contributed by atoms with Crippen molar-refractivity contribution in [2.45, 2.75) is 35.6 Å². The topological polar surface area (TPSA) is 121 Å². The molecule has 3 fully saturated rings. The Balaban J connectivity index is 1.45. The van der Waals surface area contributed by atoms with Crippen LogP contribution in [0.3, 0.4) is 0 Å². The lowest BCUT2D eigenvalue weighted by Crippen LogP contribution is -2.44. The molecule has 2 aromatic rings. The molecule has 156 valence electrons. The zero-order chi connectivity index (χ0) is 20.9. The first-order chi connectivity index (χ1) is 14.4. The van der Waals surface area contributed by atoms with Gasteiger partial charge in [0.1, 0.15) is 11.8 Å². The van der Waals surface area contributed by atoms with Crippen molar-refractivity contribution in [3.63, 3.8) is 0 Å². The molecule has 2 saturated carbocycles. The number of nitrogens with zero attached hydrogens (tertiary/aromatic N) is 1. The van der Waals surface area contributed by atoms with E-state index in [1.165, 1.54) is 18.3 Å². The van der Waals surface area contributed by atoms with Crippen molar-refractivity contribution in [3.05, 3.63) is 38.7 Å². The molecule has 4 aliphatic rings. The second-order valence-corrected chi connectivity index (χ2v) is 10.7. The maximum atomic E-state index is 13.2. The van der Waals surface area contributed by atoms with Crippen LogP contribution in [0.2, 0.25) is 0 Å². The molecule has 2 aromatic heterocycles. The number of H-pyrrole nitrogens is 1. The van der Waals surface area contributed by atoms with Crippen molar-refractivity contribution in [2.24, 2.45) is 29.6 Å². The fourth-order valence-corrected chi connectivity index (χ4v) is 9.19. The van der Waals surface area contributed by atoms with E-state index in [1.807, 2.05) is 12.1 Å². The Bertz CT molecular complexity index is 1140. The minimum absolute atomic E-state index is 0.0218. The van der Waals surface area contributed by atoms with Gasteiger partial charge in [-0.2, -0.15) is 0 Å². The highest BCUT2D eigenvalue weighted by atomic mass is 32.2. The van der Waals surface area contributed by atoms with Gasteiger partial charge in [-0.1, -0.05) is 11.3 Å². The number of carboxylic acids is 1. The molecular formula is C20H18N2O6S2. The number of furan rings is 1. The number of fused-ring (bicyclic) bond motifs is 9. The molecule has 8 atom stereocenters. The zero-order valence-corrected chi connectivity index (χ0v) is 17.4. The van der Waals surface area contributed by atoms with Gasteiger partial charge in [-0.25, -0.2) is 4.79 Å². The van der Waals surface area contributed by atoms with Gasteiger partial charge in [-0.05, 0) is 43.2 Å². The Morgan fingerprint density at radius 1 is 1.27 bits per heavy atom. The molecule has 10 heteroatoms. The Kier molecular flexibility index (Phi) is 3.75. The Labute approximate surface area is 178 Å². The number of thiazole rings is 1. The maximum Gasteiger partial charge on any atom is 0.326 e. The number of aromatic amines is 1. The van der Waals surface area contributed by atoms with Crippen LogP contribution in [0.5, 0.6) is 0 Å². The van der Waals surface area contributed by atoms with E-state index in [1.54, 1.807) is 18.0 Å². The van der Waals surface area contributed by atoms with E-state index in [0.29, 0.717) is 0 Å². The molecule has 0 aromatic carbocycles. The second kappa shape index (κ2) is 6.10. The van der Waals surface area contributed by atoms with Gasteiger partial charge in [0.25, 0.3) is 0 Å². The van der Waals surface area contributed by atoms with Crippen LogP contribution in [0.1, 0.15) is 29.9 Å². The summed E-state index contributed by atoms with van der Waals surface area (Å²) in [6.45, 7) is 1.39. The predicted octanol–water partition coefficient (Wildman–Crippen LogP) is 1.98. The average molecular weight is 447 g/mol. The van der Waals surface area contributed by atoms with E-state index >= 15 is 0 Å². The summed E-state index contributed by atoms with van der Waals surface area (Å²) in [5, 5.41) is 10.3. The minimum Gasteiger partial charge on any atom is -0.480 e. The van der Waals surface area contributed by atoms with Gasteiger partial charge < -0.3 is 14.5 Å². The number of hydrogen-bond donors (Lipinski definition) is 2. The molecular weight excluding hydrogens is 428 g/mol. The molecule has 8 nitrogen and oxygen atoms in total. The zero-order valence-electron chi connectivity index (χ0n) is 15.8. The highest BCUT2D eigenvalue weighted by Crippen LogP contribution is 2.68. The van der Waals surface area contributed by atoms with Crippen molar-refractivity contribution >= 4 is 40.9 Å². The number of amides is 2.